The van der Waals surface area contributed by atoms with Gasteiger partial charge < -0.3 is 9.47 Å². The van der Waals surface area contributed by atoms with Crippen LogP contribution in [-0.2, 0) is 4.74 Å². The molecule has 0 radical (unpaired) electrons. The number of hydrogen-bond acceptors (Lipinski definition) is 5. The second-order valence-corrected chi connectivity index (χ2v) is 7.29. The zero-order chi connectivity index (χ0) is 15.0. The molecule has 0 aromatic heterocycles. The smallest absolute Gasteiger partial charge is 0.437 e. The largest absolute Gasteiger partial charge is 0.513 e. The number of carbonyl (C=O) groups is 1. The van der Waals surface area contributed by atoms with Crippen LogP contribution in [0.3, 0.4) is 0 Å². The summed E-state index contributed by atoms with van der Waals surface area (Å²) in [6.07, 6.45) is -0.737. The van der Waals surface area contributed by atoms with E-state index in [1.165, 1.54) is 7.11 Å². The van der Waals surface area contributed by atoms with Crippen LogP contribution in [0.25, 0.3) is 0 Å². The highest BCUT2D eigenvalue weighted by Gasteiger charge is 2.52. The van der Waals surface area contributed by atoms with Crippen LogP contribution in [0, 0.1) is 5.41 Å². The number of aliphatic imine (C=N–C) groups is 1. The van der Waals surface area contributed by atoms with Gasteiger partial charge in [0.15, 0.2) is 5.75 Å². The fraction of sp³-hybridized carbons (Fsp3) is 0.467. The number of hydrogen-bond donors (Lipinski definition) is 0. The molecule has 1 aromatic carbocycles. The minimum absolute atomic E-state index is 0.00996. The first-order valence-corrected chi connectivity index (χ1v) is 7.22. The Balaban J connectivity index is 2.29. The summed E-state index contributed by atoms with van der Waals surface area (Å²) in [4.78, 5) is 15.9. The third kappa shape index (κ3) is 2.54. The lowest BCUT2D eigenvalue weighted by molar-refractivity contribution is 0.121. The zero-order valence-corrected chi connectivity index (χ0v) is 13.2. The molecule has 0 spiro atoms. The third-order valence-corrected chi connectivity index (χ3v) is 5.65. The number of rotatable bonds is 2. The van der Waals surface area contributed by atoms with Gasteiger partial charge in [0.2, 0.25) is 0 Å². The van der Waals surface area contributed by atoms with E-state index in [2.05, 4.69) is 37.4 Å². The van der Waals surface area contributed by atoms with Gasteiger partial charge in [-0.1, -0.05) is 26.0 Å². The summed E-state index contributed by atoms with van der Waals surface area (Å²) in [5.74, 6) is 0.410. The molecule has 1 aliphatic rings. The van der Waals surface area contributed by atoms with Crippen LogP contribution >= 0.6 is 11.8 Å². The monoisotopic (exact) mass is 293 g/mol. The Labute approximate surface area is 123 Å². The van der Waals surface area contributed by atoms with Crippen molar-refractivity contribution in [3.05, 3.63) is 24.3 Å². The molecule has 0 N–H and O–H groups in total. The molecule has 0 amide bonds. The van der Waals surface area contributed by atoms with Gasteiger partial charge in [-0.05, 0) is 26.0 Å². The number of carbonyl (C=O) groups excluding carboxylic acids is 1. The van der Waals surface area contributed by atoms with Gasteiger partial charge in [0.1, 0.15) is 5.69 Å². The van der Waals surface area contributed by atoms with Gasteiger partial charge >= 0.3 is 6.16 Å². The first kappa shape index (κ1) is 14.9. The Bertz CT molecular complexity index is 564. The van der Waals surface area contributed by atoms with E-state index >= 15 is 0 Å². The van der Waals surface area contributed by atoms with E-state index in [1.54, 1.807) is 23.9 Å². The van der Waals surface area contributed by atoms with Crippen molar-refractivity contribution in [2.75, 3.05) is 7.11 Å². The van der Waals surface area contributed by atoms with Crippen LogP contribution in [0.15, 0.2) is 29.3 Å². The average molecular weight is 293 g/mol. The summed E-state index contributed by atoms with van der Waals surface area (Å²) in [7, 11) is 1.28. The summed E-state index contributed by atoms with van der Waals surface area (Å²) in [6.45, 7) is 8.75. The van der Waals surface area contributed by atoms with Crippen molar-refractivity contribution in [3.8, 4) is 5.75 Å². The van der Waals surface area contributed by atoms with E-state index in [1.807, 2.05) is 12.1 Å². The fourth-order valence-corrected chi connectivity index (χ4v) is 3.08. The normalized spacial score (nSPS) is 21.1. The number of nitrogens with zero attached hydrogens (tertiary/aromatic N) is 1. The number of benzene rings is 1. The standard InChI is InChI=1S/C15H19NO3S/c1-14(2)12(20-15(14,3)4)16-10-8-6-7-9-11(10)19-13(17)18-5/h6-9H,1-5H3. The van der Waals surface area contributed by atoms with Crippen LogP contribution in [0.5, 0.6) is 5.75 Å². The second-order valence-electron chi connectivity index (χ2n) is 5.68. The van der Waals surface area contributed by atoms with Gasteiger partial charge in [0.25, 0.3) is 0 Å². The Morgan fingerprint density at radius 2 is 1.85 bits per heavy atom. The first-order valence-electron chi connectivity index (χ1n) is 6.41. The van der Waals surface area contributed by atoms with Crippen LogP contribution in [0.1, 0.15) is 27.7 Å². The molecule has 1 heterocycles. The molecule has 2 rings (SSSR count). The molecular formula is C15H19NO3S. The third-order valence-electron chi connectivity index (χ3n) is 3.84. The summed E-state index contributed by atoms with van der Waals surface area (Å²) in [5, 5.41) is 1.04. The molecule has 20 heavy (non-hydrogen) atoms. The maximum Gasteiger partial charge on any atom is 0.513 e. The van der Waals surface area contributed by atoms with Crippen molar-refractivity contribution >= 4 is 28.6 Å². The van der Waals surface area contributed by atoms with Gasteiger partial charge in [-0.25, -0.2) is 9.79 Å². The van der Waals surface area contributed by atoms with Crippen LogP contribution < -0.4 is 4.74 Å². The van der Waals surface area contributed by atoms with E-state index in [9.17, 15) is 4.79 Å². The second kappa shape index (κ2) is 5.13. The maximum atomic E-state index is 11.2. The SMILES string of the molecule is COC(=O)Oc1ccccc1N=C1SC(C)(C)C1(C)C. The van der Waals surface area contributed by atoms with Gasteiger partial charge in [0.05, 0.1) is 12.2 Å². The maximum absolute atomic E-state index is 11.2. The van der Waals surface area contributed by atoms with Crippen molar-refractivity contribution in [1.82, 2.24) is 0 Å². The van der Waals surface area contributed by atoms with E-state index < -0.39 is 6.16 Å². The quantitative estimate of drug-likeness (QED) is 0.598. The van der Waals surface area contributed by atoms with E-state index in [0.29, 0.717) is 11.4 Å². The molecule has 1 aliphatic heterocycles. The molecule has 108 valence electrons. The van der Waals surface area contributed by atoms with Crippen molar-refractivity contribution < 1.29 is 14.3 Å². The molecule has 1 aromatic rings. The lowest BCUT2D eigenvalue weighted by Crippen LogP contribution is -2.52. The molecule has 1 saturated heterocycles. The van der Waals surface area contributed by atoms with Crippen LogP contribution in [0.4, 0.5) is 10.5 Å². The van der Waals surface area contributed by atoms with E-state index in [4.69, 9.17) is 4.74 Å². The average Bonchev–Trinajstić information content (AvgIpc) is 2.39. The van der Waals surface area contributed by atoms with Crippen LogP contribution in [0.2, 0.25) is 0 Å². The molecule has 4 nitrogen and oxygen atoms in total. The Kier molecular flexibility index (Phi) is 3.82. The summed E-state index contributed by atoms with van der Waals surface area (Å²) >= 11 is 1.74. The predicted octanol–water partition coefficient (Wildman–Crippen LogP) is 4.41. The predicted molar refractivity (Wildman–Crippen MR) is 82.0 cm³/mol. The van der Waals surface area contributed by atoms with Gasteiger partial charge in [-0.15, -0.1) is 11.8 Å². The van der Waals surface area contributed by atoms with Crippen molar-refractivity contribution in [3.63, 3.8) is 0 Å². The van der Waals surface area contributed by atoms with Gasteiger partial charge in [0, 0.05) is 10.2 Å². The fourth-order valence-electron chi connectivity index (χ4n) is 1.75. The molecule has 5 heteroatoms. The summed E-state index contributed by atoms with van der Waals surface area (Å²) in [6, 6.07) is 7.20. The number of thioether (sulfide) groups is 1. The lowest BCUT2D eigenvalue weighted by Gasteiger charge is -2.52. The molecule has 0 unspecified atom stereocenters. The molecule has 1 fully saturated rings. The molecular weight excluding hydrogens is 274 g/mol. The highest BCUT2D eigenvalue weighted by atomic mass is 32.2. The van der Waals surface area contributed by atoms with Crippen molar-refractivity contribution in [2.24, 2.45) is 10.4 Å². The summed E-state index contributed by atoms with van der Waals surface area (Å²) in [5.41, 5.74) is 0.653. The Morgan fingerprint density at radius 3 is 2.40 bits per heavy atom. The van der Waals surface area contributed by atoms with Crippen LogP contribution in [-0.4, -0.2) is 23.1 Å². The van der Waals surface area contributed by atoms with E-state index in [0.717, 1.165) is 5.04 Å². The topological polar surface area (TPSA) is 47.9 Å². The number of methoxy groups -OCH3 is 1. The molecule has 0 saturated carbocycles. The molecule has 0 aliphatic carbocycles. The summed E-state index contributed by atoms with van der Waals surface area (Å²) < 4.78 is 9.78. The highest BCUT2D eigenvalue weighted by Crippen LogP contribution is 2.57. The minimum Gasteiger partial charge on any atom is -0.437 e. The Morgan fingerprint density at radius 1 is 1.20 bits per heavy atom. The van der Waals surface area contributed by atoms with E-state index in [-0.39, 0.29) is 10.2 Å². The van der Waals surface area contributed by atoms with Crippen molar-refractivity contribution in [2.45, 2.75) is 32.4 Å². The lowest BCUT2D eigenvalue weighted by atomic mass is 9.79. The number of para-hydroxylation sites is 2. The Hall–Kier alpha value is -1.49. The first-order chi connectivity index (χ1) is 9.28. The van der Waals surface area contributed by atoms with Gasteiger partial charge in [-0.2, -0.15) is 0 Å². The number of ether oxygens (including phenoxy) is 2. The molecule has 0 bridgehead atoms. The van der Waals surface area contributed by atoms with Crippen molar-refractivity contribution in [1.29, 1.82) is 0 Å². The minimum atomic E-state index is -0.737. The highest BCUT2D eigenvalue weighted by molar-refractivity contribution is 8.17. The molecule has 0 atom stereocenters. The van der Waals surface area contributed by atoms with Gasteiger partial charge in [-0.3, -0.25) is 0 Å². The zero-order valence-electron chi connectivity index (χ0n) is 12.4.